The molecule has 0 spiro atoms. The molecule has 0 saturated carbocycles. The van der Waals surface area contributed by atoms with Gasteiger partial charge in [0.15, 0.2) is 0 Å². The Morgan fingerprint density at radius 1 is 1.08 bits per heavy atom. The minimum absolute atomic E-state index is 0.0177. The van der Waals surface area contributed by atoms with E-state index in [-0.39, 0.29) is 16.3 Å². The van der Waals surface area contributed by atoms with Crippen LogP contribution < -0.4 is 9.44 Å². The van der Waals surface area contributed by atoms with Gasteiger partial charge in [-0.25, -0.2) is 22.0 Å². The molecule has 0 aliphatic carbocycles. The quantitative estimate of drug-likeness (QED) is 0.785. The molecule has 0 aromatic heterocycles. The average molecular weight is 445 g/mol. The first-order chi connectivity index (χ1) is 11.6. The van der Waals surface area contributed by atoms with E-state index in [1.807, 2.05) is 0 Å². The number of halogens is 1. The molecular formula is C16H17BrN2O4S2. The van der Waals surface area contributed by atoms with Gasteiger partial charge in [-0.15, -0.1) is 0 Å². The minimum atomic E-state index is -3.92. The lowest BCUT2D eigenvalue weighted by molar-refractivity contribution is 0.582. The molecule has 0 amide bonds. The number of anilines is 1. The van der Waals surface area contributed by atoms with E-state index in [9.17, 15) is 16.8 Å². The second kappa shape index (κ2) is 6.39. The molecule has 0 fully saturated rings. The van der Waals surface area contributed by atoms with Crippen LogP contribution in [0.5, 0.6) is 0 Å². The molecule has 2 aromatic carbocycles. The molecular weight excluding hydrogens is 428 g/mol. The van der Waals surface area contributed by atoms with Crippen LogP contribution in [0.4, 0.5) is 5.69 Å². The zero-order chi connectivity index (χ0) is 18.4. The van der Waals surface area contributed by atoms with Crippen LogP contribution in [-0.4, -0.2) is 23.4 Å². The number of fused-ring (bicyclic) bond motifs is 1. The van der Waals surface area contributed by atoms with E-state index in [0.29, 0.717) is 34.1 Å². The highest BCUT2D eigenvalue weighted by Gasteiger charge is 2.32. The van der Waals surface area contributed by atoms with Gasteiger partial charge in [0.25, 0.3) is 10.0 Å². The first-order valence-corrected chi connectivity index (χ1v) is 11.3. The van der Waals surface area contributed by atoms with Gasteiger partial charge in [0.1, 0.15) is 0 Å². The molecule has 6 nitrogen and oxygen atoms in total. The van der Waals surface area contributed by atoms with Crippen molar-refractivity contribution in [2.75, 3.05) is 10.8 Å². The van der Waals surface area contributed by atoms with E-state index in [1.54, 1.807) is 31.2 Å². The number of nitrogens with two attached hydrogens (primary N) is 1. The van der Waals surface area contributed by atoms with Crippen molar-refractivity contribution in [1.29, 1.82) is 0 Å². The first-order valence-electron chi connectivity index (χ1n) is 7.56. The monoisotopic (exact) mass is 444 g/mol. The van der Waals surface area contributed by atoms with Gasteiger partial charge in [0, 0.05) is 11.0 Å². The van der Waals surface area contributed by atoms with E-state index < -0.39 is 20.0 Å². The van der Waals surface area contributed by atoms with Crippen molar-refractivity contribution < 1.29 is 16.8 Å². The third-order valence-electron chi connectivity index (χ3n) is 4.19. The van der Waals surface area contributed by atoms with Crippen LogP contribution in [0.1, 0.15) is 17.5 Å². The zero-order valence-corrected chi connectivity index (χ0v) is 16.7. The second-order valence-electron chi connectivity index (χ2n) is 5.89. The summed E-state index contributed by atoms with van der Waals surface area (Å²) in [6, 6.07) is 9.60. The predicted octanol–water partition coefficient (Wildman–Crippen LogP) is 2.55. The van der Waals surface area contributed by atoms with Gasteiger partial charge in [0.2, 0.25) is 10.0 Å². The summed E-state index contributed by atoms with van der Waals surface area (Å²) in [7, 11) is -7.74. The SMILES string of the molecule is Cc1ccc(Br)cc1S(=O)(=O)N1CCCc2c1cccc2S(N)(=O)=O. The van der Waals surface area contributed by atoms with Crippen molar-refractivity contribution in [3.8, 4) is 0 Å². The van der Waals surface area contributed by atoms with E-state index in [4.69, 9.17) is 5.14 Å². The summed E-state index contributed by atoms with van der Waals surface area (Å²) in [5.74, 6) is 0. The fourth-order valence-electron chi connectivity index (χ4n) is 3.05. The van der Waals surface area contributed by atoms with Crippen LogP contribution in [0.3, 0.4) is 0 Å². The van der Waals surface area contributed by atoms with E-state index in [1.165, 1.54) is 16.4 Å². The Hall–Kier alpha value is -1.42. The highest BCUT2D eigenvalue weighted by atomic mass is 79.9. The molecule has 3 rings (SSSR count). The third kappa shape index (κ3) is 3.33. The molecule has 0 atom stereocenters. The number of hydrogen-bond acceptors (Lipinski definition) is 4. The molecule has 2 N–H and O–H groups in total. The maximum atomic E-state index is 13.2. The summed E-state index contributed by atoms with van der Waals surface area (Å²) in [5.41, 5.74) is 1.45. The Morgan fingerprint density at radius 2 is 1.80 bits per heavy atom. The van der Waals surface area contributed by atoms with Crippen molar-refractivity contribution in [3.63, 3.8) is 0 Å². The molecule has 0 bridgehead atoms. The van der Waals surface area contributed by atoms with Crippen LogP contribution in [-0.2, 0) is 26.5 Å². The number of aryl methyl sites for hydroxylation is 1. The molecule has 2 aromatic rings. The number of nitrogens with zero attached hydrogens (tertiary/aromatic N) is 1. The number of hydrogen-bond donors (Lipinski definition) is 1. The maximum absolute atomic E-state index is 13.2. The van der Waals surface area contributed by atoms with E-state index >= 15 is 0 Å². The summed E-state index contributed by atoms with van der Waals surface area (Å²) in [4.78, 5) is 0.173. The smallest absolute Gasteiger partial charge is 0.264 e. The van der Waals surface area contributed by atoms with Crippen LogP contribution in [0, 0.1) is 6.92 Å². The summed E-state index contributed by atoms with van der Waals surface area (Å²) in [6.07, 6.45) is 0.983. The molecule has 0 saturated heterocycles. The average Bonchev–Trinajstić information content (AvgIpc) is 2.55. The van der Waals surface area contributed by atoms with Gasteiger partial charge < -0.3 is 0 Å². The number of sulfonamides is 2. The molecule has 0 unspecified atom stereocenters. The topological polar surface area (TPSA) is 97.5 Å². The Morgan fingerprint density at radius 3 is 2.48 bits per heavy atom. The fourth-order valence-corrected chi connectivity index (χ4v) is 6.16. The van der Waals surface area contributed by atoms with E-state index in [2.05, 4.69) is 15.9 Å². The Balaban J connectivity index is 2.21. The Bertz CT molecular complexity index is 1050. The predicted molar refractivity (Wildman–Crippen MR) is 99.5 cm³/mol. The van der Waals surface area contributed by atoms with Crippen molar-refractivity contribution in [2.24, 2.45) is 5.14 Å². The molecule has 1 heterocycles. The fraction of sp³-hybridized carbons (Fsp3) is 0.250. The summed E-state index contributed by atoms with van der Waals surface area (Å²) in [6.45, 7) is 2.01. The highest BCUT2D eigenvalue weighted by Crippen LogP contribution is 2.36. The second-order valence-corrected chi connectivity index (χ2v) is 10.2. The lowest BCUT2D eigenvalue weighted by Crippen LogP contribution is -2.36. The molecule has 0 radical (unpaired) electrons. The van der Waals surface area contributed by atoms with Gasteiger partial charge in [-0.2, -0.15) is 0 Å². The number of primary sulfonamides is 1. The molecule has 134 valence electrons. The van der Waals surface area contributed by atoms with Crippen LogP contribution in [0.25, 0.3) is 0 Å². The van der Waals surface area contributed by atoms with Crippen molar-refractivity contribution in [3.05, 3.63) is 52.0 Å². The summed E-state index contributed by atoms with van der Waals surface area (Å²) in [5, 5.41) is 5.29. The molecule has 1 aliphatic rings. The Kier molecular flexibility index (Phi) is 4.69. The van der Waals surface area contributed by atoms with Gasteiger partial charge in [-0.1, -0.05) is 28.1 Å². The Labute approximate surface area is 155 Å². The largest absolute Gasteiger partial charge is 0.266 e. The summed E-state index contributed by atoms with van der Waals surface area (Å²) < 4.78 is 52.0. The van der Waals surface area contributed by atoms with E-state index in [0.717, 1.165) is 0 Å². The zero-order valence-electron chi connectivity index (χ0n) is 13.4. The van der Waals surface area contributed by atoms with Crippen molar-refractivity contribution >= 4 is 41.7 Å². The van der Waals surface area contributed by atoms with Crippen LogP contribution >= 0.6 is 15.9 Å². The van der Waals surface area contributed by atoms with Gasteiger partial charge in [-0.3, -0.25) is 4.31 Å². The number of rotatable bonds is 3. The molecule has 1 aliphatic heterocycles. The lowest BCUT2D eigenvalue weighted by atomic mass is 10.0. The van der Waals surface area contributed by atoms with Crippen LogP contribution in [0.2, 0.25) is 0 Å². The lowest BCUT2D eigenvalue weighted by Gasteiger charge is -2.31. The van der Waals surface area contributed by atoms with Crippen molar-refractivity contribution in [2.45, 2.75) is 29.6 Å². The third-order valence-corrected chi connectivity index (χ3v) is 7.63. The maximum Gasteiger partial charge on any atom is 0.264 e. The molecule has 9 heteroatoms. The van der Waals surface area contributed by atoms with Gasteiger partial charge in [-0.05, 0) is 55.2 Å². The van der Waals surface area contributed by atoms with Crippen LogP contribution in [0.15, 0.2) is 50.7 Å². The van der Waals surface area contributed by atoms with Gasteiger partial charge in [0.05, 0.1) is 15.5 Å². The number of benzene rings is 2. The first kappa shape index (κ1) is 18.4. The standard InChI is InChI=1S/C16H17BrN2O4S2/c1-11-7-8-12(17)10-16(11)25(22,23)19-9-3-4-13-14(19)5-2-6-15(13)24(18,20)21/h2,5-8,10H,3-4,9H2,1H3,(H2,18,20,21). The van der Waals surface area contributed by atoms with Gasteiger partial charge >= 0.3 is 0 Å². The summed E-state index contributed by atoms with van der Waals surface area (Å²) >= 11 is 3.30. The highest BCUT2D eigenvalue weighted by molar-refractivity contribution is 9.10. The molecule has 25 heavy (non-hydrogen) atoms. The minimum Gasteiger partial charge on any atom is -0.266 e. The van der Waals surface area contributed by atoms with Crippen molar-refractivity contribution in [1.82, 2.24) is 0 Å². The normalized spacial score (nSPS) is 15.1.